The van der Waals surface area contributed by atoms with Gasteiger partial charge in [-0.2, -0.15) is 0 Å². The lowest BCUT2D eigenvalue weighted by molar-refractivity contribution is -0.139. The lowest BCUT2D eigenvalue weighted by Crippen LogP contribution is -2.06. The summed E-state index contributed by atoms with van der Waals surface area (Å²) in [5, 5.41) is 0. The Bertz CT molecular complexity index is 371. The summed E-state index contributed by atoms with van der Waals surface area (Å²) >= 11 is 0. The van der Waals surface area contributed by atoms with E-state index in [0.717, 1.165) is 0 Å². The number of carbonyl (C=O) groups excluding carboxylic acids is 2. The fourth-order valence-electron chi connectivity index (χ4n) is 1.20. The Kier molecular flexibility index (Phi) is 3.85. The topological polar surface area (TPSA) is 52.6 Å². The van der Waals surface area contributed by atoms with Crippen molar-refractivity contribution in [2.75, 3.05) is 14.2 Å². The Morgan fingerprint density at radius 2 is 2.13 bits per heavy atom. The predicted molar refractivity (Wildman–Crippen MR) is 54.1 cm³/mol. The Balaban J connectivity index is 3.00. The number of carbonyl (C=O) groups is 2. The third kappa shape index (κ3) is 2.80. The molecule has 0 aliphatic carbocycles. The average molecular weight is 208 g/mol. The summed E-state index contributed by atoms with van der Waals surface area (Å²) in [5.41, 5.74) is 1.08. The summed E-state index contributed by atoms with van der Waals surface area (Å²) in [6.45, 7) is 0. The highest BCUT2D eigenvalue weighted by molar-refractivity contribution is 5.82. The minimum Gasteiger partial charge on any atom is -0.497 e. The van der Waals surface area contributed by atoms with E-state index in [2.05, 4.69) is 4.74 Å². The van der Waals surface area contributed by atoms with Crippen LogP contribution in [0.1, 0.15) is 15.9 Å². The first-order valence-corrected chi connectivity index (χ1v) is 4.40. The van der Waals surface area contributed by atoms with Crippen molar-refractivity contribution in [3.05, 3.63) is 29.3 Å². The highest BCUT2D eigenvalue weighted by Crippen LogP contribution is 2.17. The summed E-state index contributed by atoms with van der Waals surface area (Å²) in [4.78, 5) is 21.8. The molecule has 0 heterocycles. The normalized spacial score (nSPS) is 9.47. The molecule has 80 valence electrons. The van der Waals surface area contributed by atoms with Gasteiger partial charge in [-0.3, -0.25) is 9.59 Å². The molecule has 1 rings (SSSR count). The summed E-state index contributed by atoms with van der Waals surface area (Å²) in [7, 11) is 2.83. The Hall–Kier alpha value is -1.84. The number of aldehydes is 1. The van der Waals surface area contributed by atoms with Gasteiger partial charge in [-0.15, -0.1) is 0 Å². The SMILES string of the molecule is COC(=O)Cc1cc(OC)ccc1C=O. The molecule has 0 aromatic heterocycles. The maximum absolute atomic E-state index is 11.1. The van der Waals surface area contributed by atoms with Crippen molar-refractivity contribution in [3.63, 3.8) is 0 Å². The van der Waals surface area contributed by atoms with Gasteiger partial charge in [0.1, 0.15) is 12.0 Å². The van der Waals surface area contributed by atoms with Gasteiger partial charge >= 0.3 is 5.97 Å². The predicted octanol–water partition coefficient (Wildman–Crippen LogP) is 1.22. The smallest absolute Gasteiger partial charge is 0.310 e. The molecule has 0 aliphatic rings. The summed E-state index contributed by atoms with van der Waals surface area (Å²) in [5.74, 6) is 0.228. The highest BCUT2D eigenvalue weighted by atomic mass is 16.5. The van der Waals surface area contributed by atoms with E-state index >= 15 is 0 Å². The highest BCUT2D eigenvalue weighted by Gasteiger charge is 2.08. The fourth-order valence-corrected chi connectivity index (χ4v) is 1.20. The molecule has 0 saturated heterocycles. The minimum atomic E-state index is -0.383. The molecule has 0 saturated carbocycles. The second-order valence-electron chi connectivity index (χ2n) is 2.94. The van der Waals surface area contributed by atoms with E-state index in [1.807, 2.05) is 0 Å². The molecule has 0 atom stereocenters. The second-order valence-corrected chi connectivity index (χ2v) is 2.94. The summed E-state index contributed by atoms with van der Waals surface area (Å²) < 4.78 is 9.53. The number of rotatable bonds is 4. The van der Waals surface area contributed by atoms with Crippen molar-refractivity contribution in [2.24, 2.45) is 0 Å². The third-order valence-corrected chi connectivity index (χ3v) is 2.04. The molecule has 15 heavy (non-hydrogen) atoms. The van der Waals surface area contributed by atoms with E-state index in [1.54, 1.807) is 18.2 Å². The molecule has 4 heteroatoms. The van der Waals surface area contributed by atoms with E-state index in [9.17, 15) is 9.59 Å². The first-order valence-electron chi connectivity index (χ1n) is 4.40. The van der Waals surface area contributed by atoms with Gasteiger partial charge in [0.25, 0.3) is 0 Å². The zero-order valence-electron chi connectivity index (χ0n) is 8.65. The van der Waals surface area contributed by atoms with Crippen LogP contribution >= 0.6 is 0 Å². The zero-order valence-corrected chi connectivity index (χ0v) is 8.65. The van der Waals surface area contributed by atoms with Crippen molar-refractivity contribution < 1.29 is 19.1 Å². The first-order chi connectivity index (χ1) is 7.21. The van der Waals surface area contributed by atoms with E-state index in [1.165, 1.54) is 14.2 Å². The lowest BCUT2D eigenvalue weighted by atomic mass is 10.1. The number of hydrogen-bond donors (Lipinski definition) is 0. The molecule has 0 unspecified atom stereocenters. The molecule has 0 radical (unpaired) electrons. The molecule has 1 aromatic carbocycles. The number of esters is 1. The summed E-state index contributed by atoms with van der Waals surface area (Å²) in [6, 6.07) is 4.94. The van der Waals surface area contributed by atoms with Crippen LogP contribution in [0.5, 0.6) is 5.75 Å². The molecule has 0 fully saturated rings. The molecule has 0 bridgehead atoms. The standard InChI is InChI=1S/C11H12O4/c1-14-10-4-3-8(7-12)9(5-10)6-11(13)15-2/h3-5,7H,6H2,1-2H3. The van der Waals surface area contributed by atoms with Crippen molar-refractivity contribution in [2.45, 2.75) is 6.42 Å². The van der Waals surface area contributed by atoms with Gasteiger partial charge in [-0.1, -0.05) is 0 Å². The fraction of sp³-hybridized carbons (Fsp3) is 0.273. The largest absolute Gasteiger partial charge is 0.497 e. The van der Waals surface area contributed by atoms with E-state index in [0.29, 0.717) is 23.2 Å². The van der Waals surface area contributed by atoms with Crippen LogP contribution in [0.4, 0.5) is 0 Å². The van der Waals surface area contributed by atoms with Gasteiger partial charge in [0.05, 0.1) is 20.6 Å². The number of methoxy groups -OCH3 is 2. The second kappa shape index (κ2) is 5.14. The van der Waals surface area contributed by atoms with E-state index in [-0.39, 0.29) is 12.4 Å². The molecular weight excluding hydrogens is 196 g/mol. The Morgan fingerprint density at radius 1 is 1.40 bits per heavy atom. The van der Waals surface area contributed by atoms with E-state index < -0.39 is 0 Å². The molecule has 0 N–H and O–H groups in total. The maximum atomic E-state index is 11.1. The van der Waals surface area contributed by atoms with Crippen molar-refractivity contribution >= 4 is 12.3 Å². The Morgan fingerprint density at radius 3 is 2.67 bits per heavy atom. The van der Waals surface area contributed by atoms with Gasteiger partial charge in [-0.25, -0.2) is 0 Å². The van der Waals surface area contributed by atoms with Crippen molar-refractivity contribution in [1.29, 1.82) is 0 Å². The zero-order chi connectivity index (χ0) is 11.3. The quantitative estimate of drug-likeness (QED) is 0.551. The Labute approximate surface area is 87.8 Å². The monoisotopic (exact) mass is 208 g/mol. The van der Waals surface area contributed by atoms with Gasteiger partial charge in [-0.05, 0) is 23.8 Å². The summed E-state index contributed by atoms with van der Waals surface area (Å²) in [6.07, 6.45) is 0.777. The average Bonchev–Trinajstić information content (AvgIpc) is 2.28. The molecule has 1 aromatic rings. The molecule has 4 nitrogen and oxygen atoms in total. The minimum absolute atomic E-state index is 0.0712. The van der Waals surface area contributed by atoms with Gasteiger partial charge in [0.15, 0.2) is 0 Å². The van der Waals surface area contributed by atoms with E-state index in [4.69, 9.17) is 4.74 Å². The van der Waals surface area contributed by atoms with Gasteiger partial charge in [0.2, 0.25) is 0 Å². The first kappa shape index (κ1) is 11.2. The van der Waals surface area contributed by atoms with Crippen LogP contribution in [0, 0.1) is 0 Å². The van der Waals surface area contributed by atoms with Gasteiger partial charge in [0, 0.05) is 5.56 Å². The number of ether oxygens (including phenoxy) is 2. The lowest BCUT2D eigenvalue weighted by Gasteiger charge is -2.06. The van der Waals surface area contributed by atoms with Crippen LogP contribution in [0.3, 0.4) is 0 Å². The van der Waals surface area contributed by atoms with Crippen molar-refractivity contribution in [3.8, 4) is 5.75 Å². The molecule has 0 spiro atoms. The van der Waals surface area contributed by atoms with Crippen molar-refractivity contribution in [1.82, 2.24) is 0 Å². The molecule has 0 aliphatic heterocycles. The van der Waals surface area contributed by atoms with Crippen LogP contribution in [0.25, 0.3) is 0 Å². The molecular formula is C11H12O4. The third-order valence-electron chi connectivity index (χ3n) is 2.04. The van der Waals surface area contributed by atoms with Crippen LogP contribution in [0.2, 0.25) is 0 Å². The number of hydrogen-bond acceptors (Lipinski definition) is 4. The van der Waals surface area contributed by atoms with Crippen LogP contribution in [-0.2, 0) is 16.0 Å². The van der Waals surface area contributed by atoms with Crippen LogP contribution < -0.4 is 4.74 Å². The number of benzene rings is 1. The van der Waals surface area contributed by atoms with Crippen LogP contribution in [0.15, 0.2) is 18.2 Å². The van der Waals surface area contributed by atoms with Crippen LogP contribution in [-0.4, -0.2) is 26.5 Å². The van der Waals surface area contributed by atoms with Gasteiger partial charge < -0.3 is 9.47 Å². The molecule has 0 amide bonds. The maximum Gasteiger partial charge on any atom is 0.310 e.